The third-order valence-electron chi connectivity index (χ3n) is 4.82. The summed E-state index contributed by atoms with van der Waals surface area (Å²) in [7, 11) is 0. The van der Waals surface area contributed by atoms with Gasteiger partial charge in [0.25, 0.3) is 0 Å². The molecule has 10 N–H and O–H groups in total. The summed E-state index contributed by atoms with van der Waals surface area (Å²) in [5.74, 6) is -3.39. The lowest BCUT2D eigenvalue weighted by Crippen LogP contribution is -2.54. The molecule has 3 amide bonds. The van der Waals surface area contributed by atoms with Crippen LogP contribution in [0.2, 0.25) is 0 Å². The maximum absolute atomic E-state index is 12.6. The van der Waals surface area contributed by atoms with Crippen LogP contribution in [0.15, 0.2) is 4.99 Å². The van der Waals surface area contributed by atoms with E-state index in [4.69, 9.17) is 17.2 Å². The summed E-state index contributed by atoms with van der Waals surface area (Å²) < 4.78 is 0. The molecule has 0 saturated carbocycles. The van der Waals surface area contributed by atoms with Crippen molar-refractivity contribution in [3.63, 3.8) is 0 Å². The largest absolute Gasteiger partial charge is 0.480 e. The molecule has 0 aliphatic rings. The van der Waals surface area contributed by atoms with Crippen molar-refractivity contribution in [2.45, 2.75) is 65.1 Å². The van der Waals surface area contributed by atoms with Gasteiger partial charge in [-0.2, -0.15) is 0 Å². The number of rotatable bonds is 14. The molecule has 12 heteroatoms. The van der Waals surface area contributed by atoms with Gasteiger partial charge in [-0.1, -0.05) is 34.1 Å². The fourth-order valence-electron chi connectivity index (χ4n) is 2.54. The summed E-state index contributed by atoms with van der Waals surface area (Å²) in [6.45, 7) is 6.89. The molecule has 4 atom stereocenters. The monoisotopic (exact) mass is 443 g/mol. The van der Waals surface area contributed by atoms with Gasteiger partial charge < -0.3 is 38.3 Å². The van der Waals surface area contributed by atoms with Gasteiger partial charge >= 0.3 is 5.97 Å². The van der Waals surface area contributed by atoms with Crippen molar-refractivity contribution < 1.29 is 24.3 Å². The Hall–Kier alpha value is -2.89. The van der Waals surface area contributed by atoms with Crippen LogP contribution in [0, 0.1) is 11.8 Å². The van der Waals surface area contributed by atoms with E-state index >= 15 is 0 Å². The highest BCUT2D eigenvalue weighted by atomic mass is 16.4. The first kappa shape index (κ1) is 28.1. The maximum Gasteiger partial charge on any atom is 0.326 e. The predicted molar refractivity (Wildman–Crippen MR) is 117 cm³/mol. The van der Waals surface area contributed by atoms with Gasteiger partial charge in [0.05, 0.1) is 12.6 Å². The Morgan fingerprint density at radius 1 is 1.03 bits per heavy atom. The number of hydrogen-bond acceptors (Lipinski definition) is 6. The second-order valence-electron chi connectivity index (χ2n) is 7.77. The molecule has 0 fully saturated rings. The lowest BCUT2D eigenvalue weighted by atomic mass is 9.99. The molecule has 0 aromatic heterocycles. The molecule has 12 nitrogen and oxygen atoms in total. The van der Waals surface area contributed by atoms with Crippen molar-refractivity contribution in [3.05, 3.63) is 0 Å². The van der Waals surface area contributed by atoms with Gasteiger partial charge in [-0.15, -0.1) is 0 Å². The van der Waals surface area contributed by atoms with Crippen molar-refractivity contribution in [2.75, 3.05) is 13.1 Å². The van der Waals surface area contributed by atoms with Gasteiger partial charge in [-0.25, -0.2) is 4.79 Å². The minimum absolute atomic E-state index is 0.0853. The van der Waals surface area contributed by atoms with Crippen LogP contribution < -0.4 is 33.2 Å². The van der Waals surface area contributed by atoms with Crippen LogP contribution in [-0.4, -0.2) is 66.0 Å². The number of nitrogens with one attached hydrogen (secondary N) is 3. The number of guanidine groups is 1. The summed E-state index contributed by atoms with van der Waals surface area (Å²) in [5, 5.41) is 16.7. The average Bonchev–Trinajstić information content (AvgIpc) is 2.70. The van der Waals surface area contributed by atoms with E-state index in [1.807, 2.05) is 6.92 Å². The molecule has 0 radical (unpaired) electrons. The van der Waals surface area contributed by atoms with E-state index in [-0.39, 0.29) is 30.8 Å². The molecule has 178 valence electrons. The first-order valence-electron chi connectivity index (χ1n) is 10.3. The third kappa shape index (κ3) is 11.2. The average molecular weight is 444 g/mol. The highest BCUT2D eigenvalue weighted by molar-refractivity contribution is 5.92. The van der Waals surface area contributed by atoms with Gasteiger partial charge in [-0.3, -0.25) is 19.4 Å². The maximum atomic E-state index is 12.6. The Bertz CT molecular complexity index is 650. The number of carbonyl (C=O) groups excluding carboxylic acids is 3. The van der Waals surface area contributed by atoms with Gasteiger partial charge in [0.15, 0.2) is 5.96 Å². The zero-order valence-electron chi connectivity index (χ0n) is 18.7. The number of aliphatic carboxylic acids is 1. The molecule has 0 aromatic carbocycles. The van der Waals surface area contributed by atoms with Crippen LogP contribution in [-0.2, 0) is 19.2 Å². The van der Waals surface area contributed by atoms with Crippen molar-refractivity contribution in [2.24, 2.45) is 34.0 Å². The van der Waals surface area contributed by atoms with Crippen LogP contribution in [0.25, 0.3) is 0 Å². The van der Waals surface area contributed by atoms with Gasteiger partial charge in [0.1, 0.15) is 12.1 Å². The van der Waals surface area contributed by atoms with E-state index in [1.165, 1.54) is 0 Å². The molecule has 0 heterocycles. The Morgan fingerprint density at radius 2 is 1.65 bits per heavy atom. The van der Waals surface area contributed by atoms with Crippen LogP contribution in [0.4, 0.5) is 0 Å². The predicted octanol–water partition coefficient (Wildman–Crippen LogP) is -1.76. The van der Waals surface area contributed by atoms with Crippen molar-refractivity contribution >= 4 is 29.7 Å². The number of carbonyl (C=O) groups is 4. The molecule has 0 aromatic rings. The molecular formula is C19H37N7O5. The van der Waals surface area contributed by atoms with Gasteiger partial charge in [0.2, 0.25) is 17.7 Å². The number of carboxylic acid groups (broad SMARTS) is 1. The molecule has 0 aliphatic heterocycles. The Balaban J connectivity index is 5.00. The quantitative estimate of drug-likeness (QED) is 0.0924. The normalized spacial score (nSPS) is 14.6. The van der Waals surface area contributed by atoms with Crippen LogP contribution in [0.5, 0.6) is 0 Å². The highest BCUT2D eigenvalue weighted by Crippen LogP contribution is 2.08. The fraction of sp³-hybridized carbons (Fsp3) is 0.737. The van der Waals surface area contributed by atoms with E-state index in [9.17, 15) is 24.3 Å². The second-order valence-corrected chi connectivity index (χ2v) is 7.77. The molecule has 0 bridgehead atoms. The van der Waals surface area contributed by atoms with Crippen LogP contribution in [0.3, 0.4) is 0 Å². The highest BCUT2D eigenvalue weighted by Gasteiger charge is 2.27. The minimum atomic E-state index is -1.15. The lowest BCUT2D eigenvalue weighted by Gasteiger charge is -2.23. The van der Waals surface area contributed by atoms with E-state index in [0.29, 0.717) is 12.8 Å². The van der Waals surface area contributed by atoms with Gasteiger partial charge in [0, 0.05) is 6.54 Å². The first-order valence-corrected chi connectivity index (χ1v) is 10.3. The van der Waals surface area contributed by atoms with Crippen LogP contribution in [0.1, 0.15) is 47.0 Å². The van der Waals surface area contributed by atoms with E-state index in [2.05, 4.69) is 20.9 Å². The van der Waals surface area contributed by atoms with Crippen LogP contribution >= 0.6 is 0 Å². The molecule has 4 unspecified atom stereocenters. The Morgan fingerprint density at radius 3 is 2.13 bits per heavy atom. The van der Waals surface area contributed by atoms with Crippen molar-refractivity contribution in [3.8, 4) is 0 Å². The summed E-state index contributed by atoms with van der Waals surface area (Å²) in [6.07, 6.45) is 1.17. The van der Waals surface area contributed by atoms with Gasteiger partial charge in [-0.05, 0) is 24.7 Å². The second kappa shape index (κ2) is 14.2. The van der Waals surface area contributed by atoms with Crippen molar-refractivity contribution in [1.29, 1.82) is 0 Å². The van der Waals surface area contributed by atoms with E-state index in [0.717, 1.165) is 0 Å². The Labute approximate surface area is 182 Å². The Kier molecular flexibility index (Phi) is 12.9. The molecule has 0 rings (SSSR count). The number of aliphatic imine (C=N–C) groups is 1. The molecule has 0 spiro atoms. The number of hydrogen-bond donors (Lipinski definition) is 7. The topological polar surface area (TPSA) is 215 Å². The summed E-state index contributed by atoms with van der Waals surface area (Å²) in [5.41, 5.74) is 16.4. The lowest BCUT2D eigenvalue weighted by molar-refractivity contribution is -0.143. The number of nitrogens with two attached hydrogens (primary N) is 3. The minimum Gasteiger partial charge on any atom is -0.480 e. The van der Waals surface area contributed by atoms with E-state index < -0.39 is 48.4 Å². The summed E-state index contributed by atoms with van der Waals surface area (Å²) in [6, 6.07) is -2.82. The number of carboxylic acids is 1. The molecular weight excluding hydrogens is 406 g/mol. The molecule has 0 aliphatic carbocycles. The first-order chi connectivity index (χ1) is 14.4. The van der Waals surface area contributed by atoms with Crippen molar-refractivity contribution in [1.82, 2.24) is 16.0 Å². The molecule has 0 saturated heterocycles. The van der Waals surface area contributed by atoms with E-state index in [1.54, 1.807) is 20.8 Å². The third-order valence-corrected chi connectivity index (χ3v) is 4.82. The smallest absolute Gasteiger partial charge is 0.326 e. The number of amides is 3. The summed E-state index contributed by atoms with van der Waals surface area (Å²) >= 11 is 0. The number of nitrogens with zero attached hydrogens (tertiary/aromatic N) is 1. The SMILES string of the molecule is CCC(C)C(NC(=O)CNC(=O)C(CCCN=C(N)N)NC(=O)C(N)C(C)C)C(=O)O. The zero-order valence-corrected chi connectivity index (χ0v) is 18.7. The fourth-order valence-corrected chi connectivity index (χ4v) is 2.54. The molecule has 31 heavy (non-hydrogen) atoms. The summed E-state index contributed by atoms with van der Waals surface area (Å²) in [4.78, 5) is 52.1. The standard InChI is InChI=1S/C19H37N7O5/c1-5-11(4)15(18(30)31)26-13(27)9-24-16(28)12(7-6-8-23-19(21)22)25-17(29)14(20)10(2)3/h10-12,14-15H,5-9,20H2,1-4H3,(H,24,28)(H,25,29)(H,26,27)(H,30,31)(H4,21,22,23). The zero-order chi connectivity index (χ0) is 24.1.